The number of rotatable bonds is 11. The molecule has 0 spiro atoms. The number of nitrogens with zero attached hydrogens (tertiary/aromatic N) is 3. The molecular formula is C27H38N4O5S. The molecule has 9 nitrogen and oxygen atoms in total. The summed E-state index contributed by atoms with van der Waals surface area (Å²) < 4.78 is 23.3. The topological polar surface area (TPSA) is 121 Å². The second-order valence-corrected chi connectivity index (χ2v) is 11.1. The summed E-state index contributed by atoms with van der Waals surface area (Å²) >= 11 is 0. The predicted molar refractivity (Wildman–Crippen MR) is 145 cm³/mol. The number of aliphatic hydroxyl groups excluding tert-OH is 2. The van der Waals surface area contributed by atoms with E-state index in [0.29, 0.717) is 72.1 Å². The zero-order chi connectivity index (χ0) is 26.5. The number of ether oxygens (including phenoxy) is 1. The molecule has 1 aliphatic heterocycles. The average molecular weight is 531 g/mol. The minimum atomic E-state index is -1.43. The van der Waals surface area contributed by atoms with Gasteiger partial charge in [0.15, 0.2) is 0 Å². The van der Waals surface area contributed by atoms with Crippen LogP contribution in [0, 0.1) is 5.92 Å². The quantitative estimate of drug-likeness (QED) is 0.350. The highest BCUT2D eigenvalue weighted by molar-refractivity contribution is 7.82. The molecule has 0 aliphatic carbocycles. The minimum Gasteiger partial charge on any atom is -0.493 e. The summed E-state index contributed by atoms with van der Waals surface area (Å²) in [4.78, 5) is 21.7. The Balaban J connectivity index is 1.72. The fraction of sp³-hybridized carbons (Fsp3) is 0.556. The molecule has 202 valence electrons. The van der Waals surface area contributed by atoms with Crippen molar-refractivity contribution in [3.05, 3.63) is 40.3 Å². The summed E-state index contributed by atoms with van der Waals surface area (Å²) in [7, 11) is -1.43. The van der Waals surface area contributed by atoms with E-state index in [1.54, 1.807) is 18.2 Å². The number of aromatic nitrogens is 3. The molecular weight excluding hydrogens is 492 g/mol. The molecule has 0 saturated carbocycles. The third-order valence-corrected chi connectivity index (χ3v) is 8.48. The molecule has 37 heavy (non-hydrogen) atoms. The van der Waals surface area contributed by atoms with Gasteiger partial charge < -0.3 is 24.5 Å². The fourth-order valence-electron chi connectivity index (χ4n) is 4.97. The van der Waals surface area contributed by atoms with Gasteiger partial charge in [0.25, 0.3) is 5.56 Å². The van der Waals surface area contributed by atoms with Gasteiger partial charge in [-0.05, 0) is 62.3 Å². The molecule has 2 unspecified atom stereocenters. The molecule has 2 aromatic heterocycles. The highest BCUT2D eigenvalue weighted by Crippen LogP contribution is 2.32. The molecule has 1 aromatic carbocycles. The van der Waals surface area contributed by atoms with E-state index < -0.39 is 17.1 Å². The number of nitrogens with one attached hydrogen (secondary N) is 1. The van der Waals surface area contributed by atoms with Crippen molar-refractivity contribution in [2.75, 3.05) is 26.3 Å². The molecule has 3 heterocycles. The molecule has 2 atom stereocenters. The first-order valence-electron chi connectivity index (χ1n) is 13.3. The number of hydrogen-bond acceptors (Lipinski definition) is 6. The normalized spacial score (nSPS) is 16.8. The Kier molecular flexibility index (Phi) is 9.17. The lowest BCUT2D eigenvalue weighted by Crippen LogP contribution is -2.39. The summed E-state index contributed by atoms with van der Waals surface area (Å²) in [6, 6.07) is 5.40. The number of H-pyrrole nitrogens is 1. The maximum absolute atomic E-state index is 13.5. The van der Waals surface area contributed by atoms with Crippen LogP contribution >= 0.6 is 0 Å². The number of piperidine rings is 1. The van der Waals surface area contributed by atoms with Gasteiger partial charge in [-0.15, -0.1) is 0 Å². The van der Waals surface area contributed by atoms with Crippen LogP contribution in [0.5, 0.6) is 5.75 Å². The van der Waals surface area contributed by atoms with Gasteiger partial charge in [-0.1, -0.05) is 20.3 Å². The predicted octanol–water partition coefficient (Wildman–Crippen LogP) is 3.24. The molecule has 0 amide bonds. The molecule has 3 N–H and O–H groups in total. The Hall–Kier alpha value is -2.53. The van der Waals surface area contributed by atoms with Crippen LogP contribution in [-0.2, 0) is 24.0 Å². The first-order valence-corrected chi connectivity index (χ1v) is 14.4. The molecule has 0 radical (unpaired) electrons. The standard InChI is InChI=1S/C27H38N4O5S/c1-4-7-19-16-30(6-3)25-24(19)28-26(29-27(25)34)21-15-20(8-9-23(21)36-14-5-2)37(35)31-12-10-18(11-13-31)22(33)17-32/h8-9,15-16,18,22,32-33H,4-7,10-14,17H2,1-3H3,(H,28,29,34). The second kappa shape index (κ2) is 12.3. The second-order valence-electron chi connectivity index (χ2n) is 9.57. The van der Waals surface area contributed by atoms with Crippen molar-refractivity contribution in [3.63, 3.8) is 0 Å². The lowest BCUT2D eigenvalue weighted by atomic mass is 9.93. The Morgan fingerprint density at radius 1 is 1.22 bits per heavy atom. The molecule has 1 aliphatic rings. The molecule has 1 fully saturated rings. The third kappa shape index (κ3) is 5.82. The number of aliphatic hydroxyl groups is 2. The van der Waals surface area contributed by atoms with Gasteiger partial charge in [-0.3, -0.25) is 4.79 Å². The van der Waals surface area contributed by atoms with Crippen molar-refractivity contribution >= 4 is 22.0 Å². The molecule has 1 saturated heterocycles. The Labute approximate surface area is 220 Å². The highest BCUT2D eigenvalue weighted by atomic mass is 32.2. The summed E-state index contributed by atoms with van der Waals surface area (Å²) in [5.74, 6) is 0.993. The van der Waals surface area contributed by atoms with E-state index in [9.17, 15) is 19.2 Å². The summed E-state index contributed by atoms with van der Waals surface area (Å²) in [6.45, 7) is 8.18. The average Bonchev–Trinajstić information content (AvgIpc) is 3.29. The first kappa shape index (κ1) is 27.5. The van der Waals surface area contributed by atoms with Gasteiger partial charge in [0, 0.05) is 25.8 Å². The van der Waals surface area contributed by atoms with Crippen LogP contribution in [0.1, 0.15) is 52.0 Å². The van der Waals surface area contributed by atoms with Gasteiger partial charge in [-0.25, -0.2) is 13.5 Å². The van der Waals surface area contributed by atoms with Crippen molar-refractivity contribution in [2.24, 2.45) is 5.92 Å². The van der Waals surface area contributed by atoms with Gasteiger partial charge in [-0.2, -0.15) is 0 Å². The van der Waals surface area contributed by atoms with Crippen molar-refractivity contribution in [3.8, 4) is 17.1 Å². The van der Waals surface area contributed by atoms with Gasteiger partial charge >= 0.3 is 0 Å². The van der Waals surface area contributed by atoms with Crippen molar-refractivity contribution < 1.29 is 19.2 Å². The first-order chi connectivity index (χ1) is 17.9. The van der Waals surface area contributed by atoms with Crippen LogP contribution in [-0.4, -0.2) is 65.7 Å². The lowest BCUT2D eigenvalue weighted by Gasteiger charge is -2.32. The van der Waals surface area contributed by atoms with Crippen LogP contribution in [0.2, 0.25) is 0 Å². The number of benzene rings is 1. The van der Waals surface area contributed by atoms with Crippen LogP contribution in [0.25, 0.3) is 22.4 Å². The van der Waals surface area contributed by atoms with Crippen molar-refractivity contribution in [1.82, 2.24) is 18.8 Å². The number of fused-ring (bicyclic) bond motifs is 1. The lowest BCUT2D eigenvalue weighted by molar-refractivity contribution is 0.0283. The van der Waals surface area contributed by atoms with Crippen LogP contribution in [0.4, 0.5) is 0 Å². The highest BCUT2D eigenvalue weighted by Gasteiger charge is 2.28. The van der Waals surface area contributed by atoms with Crippen molar-refractivity contribution in [1.29, 1.82) is 0 Å². The maximum Gasteiger partial charge on any atom is 0.275 e. The van der Waals surface area contributed by atoms with E-state index in [-0.39, 0.29) is 18.1 Å². The molecule has 4 rings (SSSR count). The maximum atomic E-state index is 13.5. The van der Waals surface area contributed by atoms with E-state index >= 15 is 0 Å². The SMILES string of the molecule is CCCOc1ccc(S(=O)N2CCC(C(O)CO)CC2)cc1-c1nc2c(CCC)cn(CC)c2c(=O)[nH]1. The van der Waals surface area contributed by atoms with Crippen LogP contribution in [0.3, 0.4) is 0 Å². The molecule has 10 heteroatoms. The van der Waals surface area contributed by atoms with Crippen molar-refractivity contribution in [2.45, 2.75) is 70.4 Å². The zero-order valence-corrected chi connectivity index (χ0v) is 22.7. The van der Waals surface area contributed by atoms with E-state index in [4.69, 9.17) is 9.72 Å². The number of aromatic amines is 1. The Bertz CT molecular complexity index is 1300. The summed E-state index contributed by atoms with van der Waals surface area (Å²) in [5, 5.41) is 19.2. The zero-order valence-electron chi connectivity index (χ0n) is 21.9. The third-order valence-electron chi connectivity index (χ3n) is 6.99. The summed E-state index contributed by atoms with van der Waals surface area (Å²) in [5.41, 5.74) is 2.70. The minimum absolute atomic E-state index is 0.00683. The Morgan fingerprint density at radius 2 is 1.97 bits per heavy atom. The van der Waals surface area contributed by atoms with E-state index in [1.165, 1.54) is 0 Å². The number of aryl methyl sites for hydroxylation is 2. The van der Waals surface area contributed by atoms with E-state index in [1.807, 2.05) is 28.9 Å². The fourth-order valence-corrected chi connectivity index (χ4v) is 6.21. The van der Waals surface area contributed by atoms with E-state index in [2.05, 4.69) is 11.9 Å². The van der Waals surface area contributed by atoms with Gasteiger partial charge in [0.05, 0.1) is 35.3 Å². The molecule has 0 bridgehead atoms. The smallest absolute Gasteiger partial charge is 0.275 e. The largest absolute Gasteiger partial charge is 0.493 e. The van der Waals surface area contributed by atoms with Gasteiger partial charge in [0.1, 0.15) is 28.1 Å². The van der Waals surface area contributed by atoms with Gasteiger partial charge in [0.2, 0.25) is 0 Å². The van der Waals surface area contributed by atoms with E-state index in [0.717, 1.165) is 24.8 Å². The molecule has 3 aromatic rings. The van der Waals surface area contributed by atoms with Crippen LogP contribution in [0.15, 0.2) is 34.1 Å². The summed E-state index contributed by atoms with van der Waals surface area (Å²) in [6.07, 6.45) is 5.19. The monoisotopic (exact) mass is 530 g/mol. The number of hydrogen-bond donors (Lipinski definition) is 3. The van der Waals surface area contributed by atoms with Crippen LogP contribution < -0.4 is 10.3 Å². The Morgan fingerprint density at radius 3 is 2.62 bits per heavy atom.